The molecule has 0 spiro atoms. The Labute approximate surface area is 115 Å². The smallest absolute Gasteiger partial charge is 0.237 e. The zero-order valence-corrected chi connectivity index (χ0v) is 11.2. The fourth-order valence-electron chi connectivity index (χ4n) is 2.21. The van der Waals surface area contributed by atoms with E-state index in [-0.39, 0.29) is 6.04 Å². The maximum Gasteiger partial charge on any atom is 0.237 e. The molecule has 102 valence electrons. The number of hydrogen-bond donors (Lipinski definition) is 1. The van der Waals surface area contributed by atoms with Crippen LogP contribution in [0.3, 0.4) is 0 Å². The van der Waals surface area contributed by atoms with Crippen molar-refractivity contribution in [3.8, 4) is 5.88 Å². The third-order valence-electron chi connectivity index (χ3n) is 3.11. The summed E-state index contributed by atoms with van der Waals surface area (Å²) < 4.78 is 7.06. The van der Waals surface area contributed by atoms with Crippen molar-refractivity contribution in [3.05, 3.63) is 48.4 Å². The van der Waals surface area contributed by atoms with Gasteiger partial charge in [-0.05, 0) is 7.05 Å². The van der Waals surface area contributed by atoms with Crippen molar-refractivity contribution >= 4 is 5.52 Å². The van der Waals surface area contributed by atoms with Crippen LogP contribution in [-0.2, 0) is 0 Å². The molecule has 3 aromatic heterocycles. The number of ether oxygens (including phenoxy) is 1. The standard InChI is InChI=1S/C13H14N6O/c1-14-11(12-13(20-2)17-4-3-16-12)9-7-18-19-6-5-15-8-10(9)19/h3-8,11,14H,1-2H3. The Hall–Kier alpha value is -2.54. The van der Waals surface area contributed by atoms with Gasteiger partial charge in [0.1, 0.15) is 5.69 Å². The highest BCUT2D eigenvalue weighted by atomic mass is 16.5. The molecule has 0 aromatic carbocycles. The Morgan fingerprint density at radius 3 is 2.85 bits per heavy atom. The van der Waals surface area contributed by atoms with Crippen molar-refractivity contribution in [1.82, 2.24) is 29.9 Å². The second-order valence-electron chi connectivity index (χ2n) is 4.18. The summed E-state index contributed by atoms with van der Waals surface area (Å²) in [5.74, 6) is 0.495. The number of rotatable bonds is 4. The van der Waals surface area contributed by atoms with Gasteiger partial charge in [0.05, 0.1) is 31.1 Å². The molecular weight excluding hydrogens is 256 g/mol. The van der Waals surface area contributed by atoms with Crippen LogP contribution in [0.25, 0.3) is 5.52 Å². The van der Waals surface area contributed by atoms with Gasteiger partial charge in [-0.15, -0.1) is 0 Å². The molecule has 7 heteroatoms. The summed E-state index contributed by atoms with van der Waals surface area (Å²) in [6.07, 6.45) is 10.3. The van der Waals surface area contributed by atoms with Crippen LogP contribution in [0.5, 0.6) is 5.88 Å². The third kappa shape index (κ3) is 1.97. The number of fused-ring (bicyclic) bond motifs is 1. The highest BCUT2D eigenvalue weighted by Crippen LogP contribution is 2.28. The zero-order valence-electron chi connectivity index (χ0n) is 11.2. The van der Waals surface area contributed by atoms with Gasteiger partial charge in [-0.25, -0.2) is 9.50 Å². The lowest BCUT2D eigenvalue weighted by atomic mass is 10.1. The molecule has 1 atom stereocenters. The number of nitrogens with zero attached hydrogens (tertiary/aromatic N) is 5. The summed E-state index contributed by atoms with van der Waals surface area (Å²) in [7, 11) is 3.44. The number of hydrogen-bond acceptors (Lipinski definition) is 6. The monoisotopic (exact) mass is 270 g/mol. The van der Waals surface area contributed by atoms with Gasteiger partial charge < -0.3 is 10.1 Å². The van der Waals surface area contributed by atoms with Crippen LogP contribution in [0.15, 0.2) is 37.2 Å². The van der Waals surface area contributed by atoms with Crippen molar-refractivity contribution in [2.45, 2.75) is 6.04 Å². The maximum absolute atomic E-state index is 5.28. The van der Waals surface area contributed by atoms with E-state index >= 15 is 0 Å². The van der Waals surface area contributed by atoms with Crippen LogP contribution in [-0.4, -0.2) is 38.7 Å². The fraction of sp³-hybridized carbons (Fsp3) is 0.231. The Morgan fingerprint density at radius 1 is 1.20 bits per heavy atom. The van der Waals surface area contributed by atoms with E-state index < -0.39 is 0 Å². The SMILES string of the molecule is CNC(c1nccnc1OC)c1cnn2ccncc12. The lowest BCUT2D eigenvalue weighted by Crippen LogP contribution is -2.20. The number of aromatic nitrogens is 5. The van der Waals surface area contributed by atoms with Crippen LogP contribution in [0.4, 0.5) is 0 Å². The molecule has 0 saturated heterocycles. The Morgan fingerprint density at radius 2 is 2.05 bits per heavy atom. The third-order valence-corrected chi connectivity index (χ3v) is 3.11. The largest absolute Gasteiger partial charge is 0.480 e. The predicted octanol–water partition coefficient (Wildman–Crippen LogP) is 0.837. The minimum atomic E-state index is -0.166. The molecule has 0 aliphatic carbocycles. The molecule has 0 radical (unpaired) electrons. The molecule has 3 rings (SSSR count). The minimum absolute atomic E-state index is 0.166. The van der Waals surface area contributed by atoms with Crippen molar-refractivity contribution < 1.29 is 4.74 Å². The van der Waals surface area contributed by atoms with Gasteiger partial charge >= 0.3 is 0 Å². The summed E-state index contributed by atoms with van der Waals surface area (Å²) in [5.41, 5.74) is 2.61. The summed E-state index contributed by atoms with van der Waals surface area (Å²) in [6.45, 7) is 0. The Bertz CT molecular complexity index is 725. The van der Waals surface area contributed by atoms with Crippen LogP contribution in [0.2, 0.25) is 0 Å². The van der Waals surface area contributed by atoms with Crippen LogP contribution >= 0.6 is 0 Å². The molecule has 0 saturated carbocycles. The average Bonchev–Trinajstić information content (AvgIpc) is 2.93. The summed E-state index contributed by atoms with van der Waals surface area (Å²) >= 11 is 0. The van der Waals surface area contributed by atoms with E-state index in [2.05, 4.69) is 25.4 Å². The van der Waals surface area contributed by atoms with Gasteiger partial charge in [0.25, 0.3) is 0 Å². The molecule has 3 heterocycles. The Kier molecular flexibility index (Phi) is 3.26. The molecule has 20 heavy (non-hydrogen) atoms. The van der Waals surface area contributed by atoms with E-state index in [4.69, 9.17) is 4.74 Å². The number of nitrogens with one attached hydrogen (secondary N) is 1. The van der Waals surface area contributed by atoms with Crippen molar-refractivity contribution in [2.24, 2.45) is 0 Å². The molecular formula is C13H14N6O. The lowest BCUT2D eigenvalue weighted by molar-refractivity contribution is 0.384. The van der Waals surface area contributed by atoms with Gasteiger partial charge in [-0.1, -0.05) is 0 Å². The van der Waals surface area contributed by atoms with E-state index in [1.807, 2.05) is 7.05 Å². The first-order valence-corrected chi connectivity index (χ1v) is 6.14. The molecule has 7 nitrogen and oxygen atoms in total. The van der Waals surface area contributed by atoms with Crippen molar-refractivity contribution in [1.29, 1.82) is 0 Å². The summed E-state index contributed by atoms with van der Waals surface area (Å²) in [6, 6.07) is -0.166. The minimum Gasteiger partial charge on any atom is -0.480 e. The zero-order chi connectivity index (χ0) is 13.9. The second-order valence-corrected chi connectivity index (χ2v) is 4.18. The van der Waals surface area contributed by atoms with Crippen LogP contribution < -0.4 is 10.1 Å². The first-order chi connectivity index (χ1) is 9.85. The highest BCUT2D eigenvalue weighted by Gasteiger charge is 2.22. The van der Waals surface area contributed by atoms with Crippen molar-refractivity contribution in [3.63, 3.8) is 0 Å². The molecule has 1 unspecified atom stereocenters. The topological polar surface area (TPSA) is 77.2 Å². The normalized spacial score (nSPS) is 12.5. The molecule has 1 N–H and O–H groups in total. The maximum atomic E-state index is 5.28. The first kappa shape index (κ1) is 12.5. The lowest BCUT2D eigenvalue weighted by Gasteiger charge is -2.16. The predicted molar refractivity (Wildman–Crippen MR) is 72.5 cm³/mol. The average molecular weight is 270 g/mol. The summed E-state index contributed by atoms with van der Waals surface area (Å²) in [4.78, 5) is 12.7. The van der Waals surface area contributed by atoms with Gasteiger partial charge in [-0.3, -0.25) is 9.97 Å². The molecule has 3 aromatic rings. The van der Waals surface area contributed by atoms with Gasteiger partial charge in [0.2, 0.25) is 5.88 Å². The first-order valence-electron chi connectivity index (χ1n) is 6.14. The molecule has 0 amide bonds. The van der Waals surface area contributed by atoms with Crippen molar-refractivity contribution in [2.75, 3.05) is 14.2 Å². The molecule has 0 fully saturated rings. The highest BCUT2D eigenvalue weighted by molar-refractivity contribution is 5.55. The van der Waals surface area contributed by atoms with Crippen LogP contribution in [0.1, 0.15) is 17.3 Å². The molecule has 0 aliphatic heterocycles. The summed E-state index contributed by atoms with van der Waals surface area (Å²) in [5, 5.41) is 7.54. The van der Waals surface area contributed by atoms with Gasteiger partial charge in [0.15, 0.2) is 0 Å². The molecule has 0 bridgehead atoms. The quantitative estimate of drug-likeness (QED) is 0.757. The van der Waals surface area contributed by atoms with E-state index in [1.54, 1.807) is 48.8 Å². The van der Waals surface area contributed by atoms with E-state index in [0.717, 1.165) is 16.8 Å². The van der Waals surface area contributed by atoms with E-state index in [1.165, 1.54) is 0 Å². The van der Waals surface area contributed by atoms with Crippen LogP contribution in [0, 0.1) is 0 Å². The van der Waals surface area contributed by atoms with Gasteiger partial charge in [-0.2, -0.15) is 5.10 Å². The second kappa shape index (κ2) is 5.22. The van der Waals surface area contributed by atoms with Gasteiger partial charge in [0, 0.05) is 30.4 Å². The Balaban J connectivity index is 2.14. The fourth-order valence-corrected chi connectivity index (χ4v) is 2.21. The molecule has 0 aliphatic rings. The van der Waals surface area contributed by atoms with E-state index in [9.17, 15) is 0 Å². The number of methoxy groups -OCH3 is 1. The van der Waals surface area contributed by atoms with E-state index in [0.29, 0.717) is 5.88 Å².